The maximum absolute atomic E-state index is 5.53. The van der Waals surface area contributed by atoms with Crippen LogP contribution in [0.3, 0.4) is 0 Å². The van der Waals surface area contributed by atoms with Gasteiger partial charge in [0.1, 0.15) is 0 Å². The van der Waals surface area contributed by atoms with Gasteiger partial charge in [0.05, 0.1) is 0 Å². The number of rotatable bonds is 7. The van der Waals surface area contributed by atoms with Gasteiger partial charge in [0, 0.05) is 19.3 Å². The summed E-state index contributed by atoms with van der Waals surface area (Å²) in [5.41, 5.74) is 0.572. The summed E-state index contributed by atoms with van der Waals surface area (Å²) in [5, 5.41) is 3.35. The highest BCUT2D eigenvalue weighted by Gasteiger charge is 2.45. The summed E-state index contributed by atoms with van der Waals surface area (Å²) in [4.78, 5) is 0. The zero-order valence-corrected chi connectivity index (χ0v) is 9.23. The molecule has 1 atom stereocenters. The first-order valence-electron chi connectivity index (χ1n) is 5.50. The van der Waals surface area contributed by atoms with E-state index in [-0.39, 0.29) is 0 Å². The molecule has 1 N–H and O–H groups in total. The van der Waals surface area contributed by atoms with Gasteiger partial charge in [0.2, 0.25) is 0 Å². The number of ether oxygens (including phenoxy) is 1. The lowest BCUT2D eigenvalue weighted by Gasteiger charge is -2.22. The van der Waals surface area contributed by atoms with Crippen LogP contribution in [0.1, 0.15) is 39.5 Å². The molecule has 1 rings (SSSR count). The minimum Gasteiger partial charge on any atom is -0.381 e. The van der Waals surface area contributed by atoms with Crippen molar-refractivity contribution in [2.75, 3.05) is 20.3 Å². The topological polar surface area (TPSA) is 21.3 Å². The summed E-state index contributed by atoms with van der Waals surface area (Å²) in [6.07, 6.45) is 5.12. The quantitative estimate of drug-likeness (QED) is 0.614. The Labute approximate surface area is 82.0 Å². The third kappa shape index (κ3) is 2.96. The summed E-state index contributed by atoms with van der Waals surface area (Å²) in [6.45, 7) is 6.31. The average molecular weight is 185 g/mol. The first-order valence-corrected chi connectivity index (χ1v) is 5.50. The van der Waals surface area contributed by atoms with Crippen molar-refractivity contribution >= 4 is 0 Å². The van der Waals surface area contributed by atoms with Crippen LogP contribution in [-0.2, 0) is 4.74 Å². The van der Waals surface area contributed by atoms with Crippen molar-refractivity contribution in [1.82, 2.24) is 5.32 Å². The van der Waals surface area contributed by atoms with E-state index in [4.69, 9.17) is 4.74 Å². The highest BCUT2D eigenvalue weighted by molar-refractivity contribution is 4.99. The SMILES string of the molecule is CCCOCCC1(C(C)NC)CC1. The van der Waals surface area contributed by atoms with Crippen molar-refractivity contribution in [3.05, 3.63) is 0 Å². The van der Waals surface area contributed by atoms with Crippen LogP contribution in [-0.4, -0.2) is 26.3 Å². The van der Waals surface area contributed by atoms with Crippen molar-refractivity contribution in [2.24, 2.45) is 5.41 Å². The van der Waals surface area contributed by atoms with Crippen LogP contribution < -0.4 is 5.32 Å². The van der Waals surface area contributed by atoms with E-state index in [0.717, 1.165) is 19.6 Å². The zero-order valence-electron chi connectivity index (χ0n) is 9.23. The monoisotopic (exact) mass is 185 g/mol. The molecule has 2 nitrogen and oxygen atoms in total. The number of nitrogens with one attached hydrogen (secondary N) is 1. The zero-order chi connectivity index (χ0) is 9.73. The molecule has 0 aromatic heterocycles. The van der Waals surface area contributed by atoms with Crippen LogP contribution >= 0.6 is 0 Å². The summed E-state index contributed by atoms with van der Waals surface area (Å²) in [7, 11) is 2.05. The van der Waals surface area contributed by atoms with Gasteiger partial charge < -0.3 is 10.1 Å². The smallest absolute Gasteiger partial charge is 0.0471 e. The van der Waals surface area contributed by atoms with Crippen molar-refractivity contribution in [3.63, 3.8) is 0 Å². The third-order valence-corrected chi connectivity index (χ3v) is 3.34. The number of hydrogen-bond donors (Lipinski definition) is 1. The Morgan fingerprint density at radius 1 is 1.38 bits per heavy atom. The summed E-state index contributed by atoms with van der Waals surface area (Å²) < 4.78 is 5.53. The molecule has 0 aromatic carbocycles. The Morgan fingerprint density at radius 2 is 2.08 bits per heavy atom. The fraction of sp³-hybridized carbons (Fsp3) is 1.00. The molecule has 0 radical (unpaired) electrons. The normalized spacial score (nSPS) is 21.5. The van der Waals surface area contributed by atoms with E-state index in [1.807, 2.05) is 0 Å². The molecule has 1 saturated carbocycles. The van der Waals surface area contributed by atoms with Crippen LogP contribution in [0.2, 0.25) is 0 Å². The summed E-state index contributed by atoms with van der Waals surface area (Å²) in [5.74, 6) is 0. The maximum atomic E-state index is 5.53. The standard InChI is InChI=1S/C11H23NO/c1-4-8-13-9-7-11(5-6-11)10(2)12-3/h10,12H,4-9H2,1-3H3. The van der Waals surface area contributed by atoms with Gasteiger partial charge in [-0.05, 0) is 45.1 Å². The maximum Gasteiger partial charge on any atom is 0.0471 e. The molecule has 0 aromatic rings. The molecule has 1 aliphatic carbocycles. The summed E-state index contributed by atoms with van der Waals surface area (Å²) >= 11 is 0. The average Bonchev–Trinajstić information content (AvgIpc) is 2.92. The van der Waals surface area contributed by atoms with E-state index in [0.29, 0.717) is 11.5 Å². The third-order valence-electron chi connectivity index (χ3n) is 3.34. The predicted molar refractivity (Wildman–Crippen MR) is 55.9 cm³/mol. The molecular formula is C11H23NO. The predicted octanol–water partition coefficient (Wildman–Crippen LogP) is 2.19. The van der Waals surface area contributed by atoms with Crippen molar-refractivity contribution in [3.8, 4) is 0 Å². The van der Waals surface area contributed by atoms with Crippen LogP contribution in [0.15, 0.2) is 0 Å². The van der Waals surface area contributed by atoms with Gasteiger partial charge in [0.15, 0.2) is 0 Å². The Balaban J connectivity index is 2.12. The Hall–Kier alpha value is -0.0800. The van der Waals surface area contributed by atoms with Crippen LogP contribution in [0.5, 0.6) is 0 Å². The first-order chi connectivity index (χ1) is 6.25. The molecular weight excluding hydrogens is 162 g/mol. The molecule has 78 valence electrons. The molecule has 0 heterocycles. The van der Waals surface area contributed by atoms with Gasteiger partial charge in [-0.3, -0.25) is 0 Å². The Morgan fingerprint density at radius 3 is 2.54 bits per heavy atom. The Kier molecular flexibility index (Phi) is 4.20. The molecule has 0 amide bonds. The summed E-state index contributed by atoms with van der Waals surface area (Å²) in [6, 6.07) is 0.651. The first kappa shape index (κ1) is 11.0. The van der Waals surface area contributed by atoms with E-state index in [9.17, 15) is 0 Å². The molecule has 0 spiro atoms. The molecule has 0 bridgehead atoms. The van der Waals surface area contributed by atoms with Gasteiger partial charge in [0.25, 0.3) is 0 Å². The highest BCUT2D eigenvalue weighted by Crippen LogP contribution is 2.51. The van der Waals surface area contributed by atoms with Crippen LogP contribution in [0.25, 0.3) is 0 Å². The van der Waals surface area contributed by atoms with Crippen LogP contribution in [0.4, 0.5) is 0 Å². The lowest BCUT2D eigenvalue weighted by atomic mass is 9.94. The molecule has 0 aliphatic heterocycles. The molecule has 0 saturated heterocycles. The van der Waals surface area contributed by atoms with Gasteiger partial charge >= 0.3 is 0 Å². The molecule has 1 fully saturated rings. The van der Waals surface area contributed by atoms with E-state index < -0.39 is 0 Å². The van der Waals surface area contributed by atoms with Crippen molar-refractivity contribution < 1.29 is 4.74 Å². The van der Waals surface area contributed by atoms with Gasteiger partial charge in [-0.15, -0.1) is 0 Å². The second kappa shape index (κ2) is 4.97. The highest BCUT2D eigenvalue weighted by atomic mass is 16.5. The molecule has 1 unspecified atom stereocenters. The largest absolute Gasteiger partial charge is 0.381 e. The molecule has 13 heavy (non-hydrogen) atoms. The Bertz CT molecular complexity index is 143. The van der Waals surface area contributed by atoms with Crippen molar-refractivity contribution in [1.29, 1.82) is 0 Å². The molecule has 2 heteroatoms. The second-order valence-electron chi connectivity index (χ2n) is 4.24. The minimum absolute atomic E-state index is 0.572. The lowest BCUT2D eigenvalue weighted by Crippen LogP contribution is -2.32. The fourth-order valence-corrected chi connectivity index (χ4v) is 1.89. The van der Waals surface area contributed by atoms with Crippen LogP contribution in [0, 0.1) is 5.41 Å². The van der Waals surface area contributed by atoms with Gasteiger partial charge in [-0.25, -0.2) is 0 Å². The molecule has 1 aliphatic rings. The second-order valence-corrected chi connectivity index (χ2v) is 4.24. The number of hydrogen-bond acceptors (Lipinski definition) is 2. The minimum atomic E-state index is 0.572. The van der Waals surface area contributed by atoms with E-state index in [1.165, 1.54) is 19.3 Å². The van der Waals surface area contributed by atoms with E-state index in [2.05, 4.69) is 26.2 Å². The fourth-order valence-electron chi connectivity index (χ4n) is 1.89. The van der Waals surface area contributed by atoms with Gasteiger partial charge in [-0.2, -0.15) is 0 Å². The van der Waals surface area contributed by atoms with Gasteiger partial charge in [-0.1, -0.05) is 6.92 Å². The van der Waals surface area contributed by atoms with E-state index >= 15 is 0 Å². The lowest BCUT2D eigenvalue weighted by molar-refractivity contribution is 0.111. The van der Waals surface area contributed by atoms with E-state index in [1.54, 1.807) is 0 Å². The van der Waals surface area contributed by atoms with Crippen molar-refractivity contribution in [2.45, 2.75) is 45.6 Å².